The standard InChI is InChI=1S/3C5H5N.CH4O/c3*1-2-4-6-5-3-1;1-2/h3*1-5H;2H,1H3. The number of pyridine rings is 3. The first-order valence-corrected chi connectivity index (χ1v) is 6.00. The maximum atomic E-state index is 7.00. The molecule has 0 spiro atoms. The lowest BCUT2D eigenvalue weighted by Gasteiger charge is -1.70. The van der Waals surface area contributed by atoms with Crippen LogP contribution in [0.25, 0.3) is 0 Å². The molecule has 0 fully saturated rings. The highest BCUT2D eigenvalue weighted by atomic mass is 16.2. The van der Waals surface area contributed by atoms with Gasteiger partial charge < -0.3 is 5.11 Å². The van der Waals surface area contributed by atoms with Crippen molar-refractivity contribution in [3.8, 4) is 0 Å². The maximum Gasteiger partial charge on any atom is 0.0319 e. The average molecular weight is 269 g/mol. The number of aliphatic hydroxyl groups is 1. The van der Waals surface area contributed by atoms with Crippen molar-refractivity contribution in [3.63, 3.8) is 0 Å². The van der Waals surface area contributed by atoms with Crippen molar-refractivity contribution >= 4 is 0 Å². The molecule has 3 rings (SSSR count). The van der Waals surface area contributed by atoms with Gasteiger partial charge in [0.1, 0.15) is 0 Å². The second kappa shape index (κ2) is 16.4. The minimum Gasteiger partial charge on any atom is -0.400 e. The summed E-state index contributed by atoms with van der Waals surface area (Å²) in [7, 11) is 1.00. The molecule has 0 saturated carbocycles. The summed E-state index contributed by atoms with van der Waals surface area (Å²) in [5, 5.41) is 7.00. The molecule has 1 N–H and O–H groups in total. The van der Waals surface area contributed by atoms with Gasteiger partial charge in [-0.25, -0.2) is 0 Å². The lowest BCUT2D eigenvalue weighted by molar-refractivity contribution is 0.399. The van der Waals surface area contributed by atoms with Crippen LogP contribution in [0.3, 0.4) is 0 Å². The molecule has 0 saturated heterocycles. The monoisotopic (exact) mass is 269 g/mol. The van der Waals surface area contributed by atoms with E-state index in [4.69, 9.17) is 5.11 Å². The highest BCUT2D eigenvalue weighted by molar-refractivity contribution is 4.89. The van der Waals surface area contributed by atoms with Crippen LogP contribution < -0.4 is 0 Å². The first kappa shape index (κ1) is 17.4. The van der Waals surface area contributed by atoms with Crippen LogP contribution in [-0.4, -0.2) is 27.2 Å². The van der Waals surface area contributed by atoms with Crippen LogP contribution >= 0.6 is 0 Å². The summed E-state index contributed by atoms with van der Waals surface area (Å²) in [5.41, 5.74) is 0. The third-order valence-electron chi connectivity index (χ3n) is 1.70. The zero-order valence-corrected chi connectivity index (χ0v) is 11.4. The van der Waals surface area contributed by atoms with Gasteiger partial charge in [-0.2, -0.15) is 0 Å². The lowest BCUT2D eigenvalue weighted by atomic mass is 10.5. The maximum absolute atomic E-state index is 7.00. The SMILES string of the molecule is CO.c1ccncc1.c1ccncc1.c1ccncc1. The summed E-state index contributed by atoms with van der Waals surface area (Å²) in [6.07, 6.45) is 10.5. The van der Waals surface area contributed by atoms with E-state index in [1.807, 2.05) is 54.6 Å². The second-order valence-corrected chi connectivity index (χ2v) is 3.07. The van der Waals surface area contributed by atoms with Gasteiger partial charge in [0, 0.05) is 44.3 Å². The fourth-order valence-corrected chi connectivity index (χ4v) is 0.938. The number of aliphatic hydroxyl groups excluding tert-OH is 1. The Balaban J connectivity index is 0.000000255. The lowest BCUT2D eigenvalue weighted by Crippen LogP contribution is -1.58. The van der Waals surface area contributed by atoms with Crippen LogP contribution in [0, 0.1) is 0 Å². The fraction of sp³-hybridized carbons (Fsp3) is 0.0625. The van der Waals surface area contributed by atoms with Gasteiger partial charge in [0.2, 0.25) is 0 Å². The predicted octanol–water partition coefficient (Wildman–Crippen LogP) is 2.85. The zero-order valence-electron chi connectivity index (χ0n) is 11.4. The van der Waals surface area contributed by atoms with E-state index in [-0.39, 0.29) is 0 Å². The second-order valence-electron chi connectivity index (χ2n) is 3.07. The van der Waals surface area contributed by atoms with E-state index in [1.54, 1.807) is 37.2 Å². The molecule has 0 aliphatic heterocycles. The third-order valence-corrected chi connectivity index (χ3v) is 1.70. The van der Waals surface area contributed by atoms with Gasteiger partial charge in [-0.1, -0.05) is 18.2 Å². The Hall–Kier alpha value is -2.59. The molecule has 0 aromatic carbocycles. The quantitative estimate of drug-likeness (QED) is 0.681. The van der Waals surface area contributed by atoms with Crippen LogP contribution in [0.4, 0.5) is 0 Å². The molecule has 0 amide bonds. The van der Waals surface area contributed by atoms with Crippen molar-refractivity contribution < 1.29 is 5.11 Å². The van der Waals surface area contributed by atoms with E-state index in [1.165, 1.54) is 0 Å². The molecular formula is C16H19N3O. The van der Waals surface area contributed by atoms with Gasteiger partial charge in [-0.15, -0.1) is 0 Å². The topological polar surface area (TPSA) is 58.9 Å². The minimum atomic E-state index is 1.00. The normalized spacial score (nSPS) is 7.50. The van der Waals surface area contributed by atoms with Crippen LogP contribution in [0.15, 0.2) is 91.8 Å². The number of aromatic nitrogens is 3. The molecular weight excluding hydrogens is 250 g/mol. The summed E-state index contributed by atoms with van der Waals surface area (Å²) in [6, 6.07) is 17.1. The van der Waals surface area contributed by atoms with Gasteiger partial charge in [-0.3, -0.25) is 15.0 Å². The Morgan fingerprint density at radius 1 is 0.400 bits per heavy atom. The molecule has 0 aliphatic rings. The van der Waals surface area contributed by atoms with E-state index >= 15 is 0 Å². The summed E-state index contributed by atoms with van der Waals surface area (Å²) in [5.74, 6) is 0. The van der Waals surface area contributed by atoms with Crippen molar-refractivity contribution in [2.24, 2.45) is 0 Å². The van der Waals surface area contributed by atoms with Gasteiger partial charge in [0.25, 0.3) is 0 Å². The smallest absolute Gasteiger partial charge is 0.0319 e. The van der Waals surface area contributed by atoms with Gasteiger partial charge in [0.15, 0.2) is 0 Å². The van der Waals surface area contributed by atoms with E-state index < -0.39 is 0 Å². The van der Waals surface area contributed by atoms with Crippen molar-refractivity contribution in [1.29, 1.82) is 0 Å². The molecule has 0 atom stereocenters. The zero-order chi connectivity index (χ0) is 14.7. The molecule has 104 valence electrons. The fourth-order valence-electron chi connectivity index (χ4n) is 0.938. The number of rotatable bonds is 0. The molecule has 3 aromatic rings. The number of hydrogen-bond donors (Lipinski definition) is 1. The summed E-state index contributed by atoms with van der Waals surface area (Å²) < 4.78 is 0. The molecule has 0 bridgehead atoms. The first-order chi connectivity index (χ1) is 10.0. The van der Waals surface area contributed by atoms with Gasteiger partial charge in [-0.05, 0) is 36.4 Å². The van der Waals surface area contributed by atoms with Crippen LogP contribution in [0.2, 0.25) is 0 Å². The Morgan fingerprint density at radius 2 is 0.600 bits per heavy atom. The predicted molar refractivity (Wildman–Crippen MR) is 80.9 cm³/mol. The summed E-state index contributed by atoms with van der Waals surface area (Å²) in [4.78, 5) is 11.4. The molecule has 4 nitrogen and oxygen atoms in total. The Morgan fingerprint density at radius 3 is 0.650 bits per heavy atom. The van der Waals surface area contributed by atoms with Gasteiger partial charge >= 0.3 is 0 Å². The minimum absolute atomic E-state index is 1.00. The largest absolute Gasteiger partial charge is 0.400 e. The van der Waals surface area contributed by atoms with Crippen molar-refractivity contribution in [1.82, 2.24) is 15.0 Å². The molecule has 20 heavy (non-hydrogen) atoms. The van der Waals surface area contributed by atoms with E-state index in [0.29, 0.717) is 0 Å². The van der Waals surface area contributed by atoms with E-state index in [2.05, 4.69) is 15.0 Å². The van der Waals surface area contributed by atoms with Crippen LogP contribution in [-0.2, 0) is 0 Å². The van der Waals surface area contributed by atoms with Crippen LogP contribution in [0.1, 0.15) is 0 Å². The Kier molecular flexibility index (Phi) is 14.3. The number of hydrogen-bond acceptors (Lipinski definition) is 4. The summed E-state index contributed by atoms with van der Waals surface area (Å²) in [6.45, 7) is 0. The van der Waals surface area contributed by atoms with Gasteiger partial charge in [0.05, 0.1) is 0 Å². The molecule has 4 heteroatoms. The highest BCUT2D eigenvalue weighted by Gasteiger charge is 1.59. The van der Waals surface area contributed by atoms with Crippen LogP contribution in [0.5, 0.6) is 0 Å². The molecule has 3 heterocycles. The average Bonchev–Trinajstić information content (AvgIpc) is 2.62. The van der Waals surface area contributed by atoms with Crippen molar-refractivity contribution in [3.05, 3.63) is 91.8 Å². The van der Waals surface area contributed by atoms with Crippen molar-refractivity contribution in [2.45, 2.75) is 0 Å². The van der Waals surface area contributed by atoms with E-state index in [0.717, 1.165) is 7.11 Å². The summed E-state index contributed by atoms with van der Waals surface area (Å²) >= 11 is 0. The number of nitrogens with zero attached hydrogens (tertiary/aromatic N) is 3. The molecule has 0 aliphatic carbocycles. The van der Waals surface area contributed by atoms with E-state index in [9.17, 15) is 0 Å². The highest BCUT2D eigenvalue weighted by Crippen LogP contribution is 1.74. The Labute approximate surface area is 119 Å². The first-order valence-electron chi connectivity index (χ1n) is 6.00. The molecule has 3 aromatic heterocycles. The Bertz CT molecular complexity index is 308. The molecule has 0 radical (unpaired) electrons. The van der Waals surface area contributed by atoms with Crippen molar-refractivity contribution in [2.75, 3.05) is 7.11 Å². The third kappa shape index (κ3) is 13.5. The molecule has 0 unspecified atom stereocenters.